The predicted octanol–water partition coefficient (Wildman–Crippen LogP) is 3.86. The molecule has 0 aliphatic carbocycles. The highest BCUT2D eigenvalue weighted by molar-refractivity contribution is 7.98. The summed E-state index contributed by atoms with van der Waals surface area (Å²) < 4.78 is 10.7. The summed E-state index contributed by atoms with van der Waals surface area (Å²) in [4.78, 5) is 0.884. The molecule has 0 unspecified atom stereocenters. The molecular weight excluding hydrogens is 298 g/mol. The average Bonchev–Trinajstić information content (AvgIpc) is 3.09. The van der Waals surface area contributed by atoms with Gasteiger partial charge in [-0.25, -0.2) is 0 Å². The van der Waals surface area contributed by atoms with Gasteiger partial charge in [-0.2, -0.15) is 0 Å². The normalized spacial score (nSPS) is 10.8. The molecule has 0 spiro atoms. The fraction of sp³-hybridized carbons (Fsp3) is 0.0769. The Hall–Kier alpha value is -1.92. The summed E-state index contributed by atoms with van der Waals surface area (Å²) in [5.74, 6) is 1.93. The van der Waals surface area contributed by atoms with Crippen LogP contribution in [-0.2, 0) is 5.75 Å². The Morgan fingerprint density at radius 3 is 2.95 bits per heavy atom. The van der Waals surface area contributed by atoms with Crippen molar-refractivity contribution in [3.05, 3.63) is 47.5 Å². The Morgan fingerprint density at radius 2 is 2.15 bits per heavy atom. The molecule has 5 nitrogen and oxygen atoms in total. The first-order chi connectivity index (χ1) is 9.72. The molecule has 102 valence electrons. The molecule has 2 N–H and O–H groups in total. The number of rotatable bonds is 4. The van der Waals surface area contributed by atoms with E-state index in [0.29, 0.717) is 34.0 Å². The monoisotopic (exact) mass is 307 g/mol. The number of hydrogen-bond acceptors (Lipinski definition) is 6. The molecule has 0 atom stereocenters. The van der Waals surface area contributed by atoms with Crippen LogP contribution in [-0.4, -0.2) is 10.2 Å². The topological polar surface area (TPSA) is 78.1 Å². The van der Waals surface area contributed by atoms with Crippen molar-refractivity contribution in [1.29, 1.82) is 0 Å². The second-order valence-electron chi connectivity index (χ2n) is 3.95. The largest absolute Gasteiger partial charge is 0.459 e. The standard InChI is InChI=1S/C13H10ClN3O2S/c14-8-3-4-9(15)11(6-8)20-7-12-16-17-13(19-12)10-2-1-5-18-10/h1-6H,7,15H2. The van der Waals surface area contributed by atoms with Gasteiger partial charge in [-0.05, 0) is 30.3 Å². The zero-order chi connectivity index (χ0) is 13.9. The van der Waals surface area contributed by atoms with E-state index in [0.717, 1.165) is 4.90 Å². The number of halogens is 1. The number of hydrogen-bond donors (Lipinski definition) is 1. The Kier molecular flexibility index (Phi) is 3.66. The first-order valence-electron chi connectivity index (χ1n) is 5.76. The van der Waals surface area contributed by atoms with Crippen LogP contribution in [0.15, 0.2) is 50.3 Å². The molecule has 0 aliphatic heterocycles. The van der Waals surface area contributed by atoms with E-state index >= 15 is 0 Å². The summed E-state index contributed by atoms with van der Waals surface area (Å²) in [5, 5.41) is 8.54. The van der Waals surface area contributed by atoms with Gasteiger partial charge in [-0.1, -0.05) is 11.6 Å². The maximum atomic E-state index is 5.94. The van der Waals surface area contributed by atoms with Crippen LogP contribution in [0.5, 0.6) is 0 Å². The van der Waals surface area contributed by atoms with Gasteiger partial charge in [0.2, 0.25) is 5.89 Å². The molecule has 3 aromatic rings. The van der Waals surface area contributed by atoms with Gasteiger partial charge < -0.3 is 14.6 Å². The Bertz CT molecular complexity index is 712. The first kappa shape index (κ1) is 13.1. The number of benzene rings is 1. The predicted molar refractivity (Wildman–Crippen MR) is 77.4 cm³/mol. The second kappa shape index (κ2) is 5.60. The average molecular weight is 308 g/mol. The molecule has 20 heavy (non-hydrogen) atoms. The molecule has 7 heteroatoms. The lowest BCUT2D eigenvalue weighted by atomic mass is 10.3. The lowest BCUT2D eigenvalue weighted by Crippen LogP contribution is -1.89. The van der Waals surface area contributed by atoms with E-state index in [1.165, 1.54) is 11.8 Å². The molecule has 1 aromatic carbocycles. The molecule has 0 radical (unpaired) electrons. The SMILES string of the molecule is Nc1ccc(Cl)cc1SCc1nnc(-c2ccco2)o1. The number of thioether (sulfide) groups is 1. The summed E-state index contributed by atoms with van der Waals surface area (Å²) in [6.45, 7) is 0. The van der Waals surface area contributed by atoms with Crippen LogP contribution in [0.3, 0.4) is 0 Å². The van der Waals surface area contributed by atoms with Gasteiger partial charge in [0.05, 0.1) is 12.0 Å². The van der Waals surface area contributed by atoms with E-state index in [1.54, 1.807) is 30.5 Å². The summed E-state index contributed by atoms with van der Waals surface area (Å²) in [7, 11) is 0. The summed E-state index contributed by atoms with van der Waals surface area (Å²) in [5.41, 5.74) is 6.55. The highest BCUT2D eigenvalue weighted by atomic mass is 35.5. The highest BCUT2D eigenvalue weighted by Crippen LogP contribution is 2.30. The van der Waals surface area contributed by atoms with Gasteiger partial charge >= 0.3 is 0 Å². The Balaban J connectivity index is 1.71. The van der Waals surface area contributed by atoms with Gasteiger partial charge in [-0.3, -0.25) is 0 Å². The van der Waals surface area contributed by atoms with Crippen molar-refractivity contribution in [2.45, 2.75) is 10.6 Å². The number of nitrogen functional groups attached to an aromatic ring is 1. The Labute approximate surface area is 124 Å². The molecule has 2 aromatic heterocycles. The maximum absolute atomic E-state index is 5.94. The van der Waals surface area contributed by atoms with E-state index in [-0.39, 0.29) is 0 Å². The lowest BCUT2D eigenvalue weighted by Gasteiger charge is -2.03. The first-order valence-corrected chi connectivity index (χ1v) is 7.13. The van der Waals surface area contributed by atoms with Gasteiger partial charge in [0.1, 0.15) is 0 Å². The van der Waals surface area contributed by atoms with Crippen LogP contribution in [0, 0.1) is 0 Å². The van der Waals surface area contributed by atoms with Crippen LogP contribution in [0.4, 0.5) is 5.69 Å². The van der Waals surface area contributed by atoms with Crippen molar-refractivity contribution in [2.24, 2.45) is 0 Å². The van der Waals surface area contributed by atoms with Gasteiger partial charge in [-0.15, -0.1) is 22.0 Å². The zero-order valence-electron chi connectivity index (χ0n) is 10.2. The van der Waals surface area contributed by atoms with Crippen molar-refractivity contribution in [2.75, 3.05) is 5.73 Å². The van der Waals surface area contributed by atoms with Crippen LogP contribution in [0.2, 0.25) is 5.02 Å². The molecule has 0 amide bonds. The molecule has 2 heterocycles. The number of nitrogens with zero attached hydrogens (tertiary/aromatic N) is 2. The van der Waals surface area contributed by atoms with Crippen LogP contribution in [0.1, 0.15) is 5.89 Å². The number of aromatic nitrogens is 2. The number of anilines is 1. The smallest absolute Gasteiger partial charge is 0.283 e. The minimum absolute atomic E-state index is 0.365. The molecule has 0 saturated carbocycles. The van der Waals surface area contributed by atoms with E-state index in [2.05, 4.69) is 10.2 Å². The van der Waals surface area contributed by atoms with E-state index in [9.17, 15) is 0 Å². The van der Waals surface area contributed by atoms with Crippen molar-refractivity contribution in [3.63, 3.8) is 0 Å². The third kappa shape index (κ3) is 2.81. The minimum atomic E-state index is 0.365. The van der Waals surface area contributed by atoms with Crippen LogP contribution >= 0.6 is 23.4 Å². The van der Waals surface area contributed by atoms with Gasteiger partial charge in [0, 0.05) is 15.6 Å². The van der Waals surface area contributed by atoms with Crippen LogP contribution in [0.25, 0.3) is 11.7 Å². The fourth-order valence-corrected chi connectivity index (χ4v) is 2.66. The highest BCUT2D eigenvalue weighted by Gasteiger charge is 2.11. The summed E-state index contributed by atoms with van der Waals surface area (Å²) >= 11 is 7.43. The van der Waals surface area contributed by atoms with Crippen LogP contribution < -0.4 is 5.73 Å². The Morgan fingerprint density at radius 1 is 1.25 bits per heavy atom. The second-order valence-corrected chi connectivity index (χ2v) is 5.40. The van der Waals surface area contributed by atoms with E-state index < -0.39 is 0 Å². The number of nitrogens with two attached hydrogens (primary N) is 1. The molecule has 0 bridgehead atoms. The third-order valence-corrected chi connectivity index (χ3v) is 3.82. The van der Waals surface area contributed by atoms with E-state index in [4.69, 9.17) is 26.2 Å². The zero-order valence-corrected chi connectivity index (χ0v) is 11.8. The molecular formula is C13H10ClN3O2S. The summed E-state index contributed by atoms with van der Waals surface area (Å²) in [6.07, 6.45) is 1.56. The molecule has 0 aliphatic rings. The minimum Gasteiger partial charge on any atom is -0.459 e. The number of furan rings is 1. The maximum Gasteiger partial charge on any atom is 0.283 e. The van der Waals surface area contributed by atoms with Gasteiger partial charge in [0.15, 0.2) is 5.76 Å². The van der Waals surface area contributed by atoms with Crippen molar-refractivity contribution in [1.82, 2.24) is 10.2 Å². The molecule has 3 rings (SSSR count). The van der Waals surface area contributed by atoms with Crippen molar-refractivity contribution in [3.8, 4) is 11.7 Å². The lowest BCUT2D eigenvalue weighted by molar-refractivity contribution is 0.494. The van der Waals surface area contributed by atoms with Crippen molar-refractivity contribution >= 4 is 29.1 Å². The third-order valence-electron chi connectivity index (χ3n) is 2.53. The molecule has 0 fully saturated rings. The van der Waals surface area contributed by atoms with Gasteiger partial charge in [0.25, 0.3) is 5.89 Å². The fourth-order valence-electron chi connectivity index (χ4n) is 1.58. The molecule has 0 saturated heterocycles. The van der Waals surface area contributed by atoms with Crippen molar-refractivity contribution < 1.29 is 8.83 Å². The summed E-state index contributed by atoms with van der Waals surface area (Å²) in [6, 6.07) is 8.86. The van der Waals surface area contributed by atoms with E-state index in [1.807, 2.05) is 6.07 Å². The quantitative estimate of drug-likeness (QED) is 0.582.